The molecule has 112 valence electrons. The van der Waals surface area contributed by atoms with Gasteiger partial charge in [0.2, 0.25) is 0 Å². The lowest BCUT2D eigenvalue weighted by Crippen LogP contribution is -2.49. The number of hydrogen-bond donors (Lipinski definition) is 2. The smallest absolute Gasteiger partial charge is 0.407 e. The summed E-state index contributed by atoms with van der Waals surface area (Å²) in [5.74, 6) is -0.582. The molecule has 0 aromatic rings. The summed E-state index contributed by atoms with van der Waals surface area (Å²) in [6.07, 6.45) is -1.63. The first-order valence-corrected chi connectivity index (χ1v) is 6.32. The van der Waals surface area contributed by atoms with Crippen molar-refractivity contribution in [3.8, 4) is 0 Å². The molecule has 0 spiro atoms. The van der Waals surface area contributed by atoms with Crippen molar-refractivity contribution in [2.75, 3.05) is 7.11 Å². The molecule has 6 nitrogen and oxygen atoms in total. The zero-order valence-electron chi connectivity index (χ0n) is 12.5. The van der Waals surface area contributed by atoms with Crippen LogP contribution in [0.15, 0.2) is 0 Å². The van der Waals surface area contributed by atoms with Gasteiger partial charge in [0.1, 0.15) is 5.60 Å². The molecule has 0 aliphatic carbocycles. The van der Waals surface area contributed by atoms with E-state index in [1.165, 1.54) is 7.11 Å². The molecule has 6 heteroatoms. The summed E-state index contributed by atoms with van der Waals surface area (Å²) in [6.45, 7) is 9.06. The van der Waals surface area contributed by atoms with Crippen LogP contribution in [-0.4, -0.2) is 42.0 Å². The predicted octanol–water partition coefficient (Wildman–Crippen LogP) is 1.46. The molecule has 2 N–H and O–H groups in total. The van der Waals surface area contributed by atoms with Crippen molar-refractivity contribution in [1.29, 1.82) is 0 Å². The summed E-state index contributed by atoms with van der Waals surface area (Å²) in [6, 6.07) is -0.734. The Bertz CT molecular complexity index is 309. The molecule has 0 rings (SSSR count). The van der Waals surface area contributed by atoms with Crippen molar-refractivity contribution in [1.82, 2.24) is 5.32 Å². The number of esters is 1. The Morgan fingerprint density at radius 1 is 1.26 bits per heavy atom. The van der Waals surface area contributed by atoms with Crippen molar-refractivity contribution in [3.63, 3.8) is 0 Å². The fourth-order valence-electron chi connectivity index (χ4n) is 1.52. The van der Waals surface area contributed by atoms with Crippen LogP contribution in [0.2, 0.25) is 0 Å². The Morgan fingerprint density at radius 2 is 1.79 bits per heavy atom. The third-order valence-corrected chi connectivity index (χ3v) is 2.25. The number of ether oxygens (including phenoxy) is 2. The number of nitrogens with one attached hydrogen (secondary N) is 1. The number of alkyl carbamates (subject to hydrolysis) is 1. The van der Waals surface area contributed by atoms with Crippen LogP contribution in [0.25, 0.3) is 0 Å². The monoisotopic (exact) mass is 275 g/mol. The van der Waals surface area contributed by atoms with Gasteiger partial charge in [-0.15, -0.1) is 0 Å². The standard InChI is InChI=1S/C13H25NO5/c1-8(2)7-9(10(15)11(16)18-6)14-12(17)19-13(3,4)5/h8-10,15H,7H2,1-6H3,(H,14,17)/t9-,10?/m0/s1. The van der Waals surface area contributed by atoms with E-state index in [4.69, 9.17) is 4.74 Å². The quantitative estimate of drug-likeness (QED) is 0.742. The summed E-state index contributed by atoms with van der Waals surface area (Å²) in [5.41, 5.74) is -0.636. The molecule has 0 aliphatic rings. The number of carbonyl (C=O) groups is 2. The van der Waals surface area contributed by atoms with Crippen molar-refractivity contribution in [2.45, 2.75) is 58.8 Å². The Hall–Kier alpha value is -1.30. The number of carbonyl (C=O) groups excluding carboxylic acids is 2. The third-order valence-electron chi connectivity index (χ3n) is 2.25. The van der Waals surface area contributed by atoms with E-state index in [-0.39, 0.29) is 5.92 Å². The minimum Gasteiger partial charge on any atom is -0.467 e. The van der Waals surface area contributed by atoms with Gasteiger partial charge in [0.25, 0.3) is 0 Å². The largest absolute Gasteiger partial charge is 0.467 e. The SMILES string of the molecule is COC(=O)C(O)[C@H](CC(C)C)NC(=O)OC(C)(C)C. The van der Waals surface area contributed by atoms with Gasteiger partial charge in [0.05, 0.1) is 13.2 Å². The average Bonchev–Trinajstić information content (AvgIpc) is 2.22. The van der Waals surface area contributed by atoms with Gasteiger partial charge in [-0.25, -0.2) is 9.59 Å². The molecule has 1 unspecified atom stereocenters. The van der Waals surface area contributed by atoms with E-state index >= 15 is 0 Å². The van der Waals surface area contributed by atoms with Gasteiger partial charge in [0.15, 0.2) is 6.10 Å². The first kappa shape index (κ1) is 17.7. The van der Waals surface area contributed by atoms with E-state index in [2.05, 4.69) is 10.1 Å². The van der Waals surface area contributed by atoms with Gasteiger partial charge in [-0.05, 0) is 33.1 Å². The predicted molar refractivity (Wildman–Crippen MR) is 70.6 cm³/mol. The zero-order chi connectivity index (χ0) is 15.2. The molecule has 0 aliphatic heterocycles. The number of rotatable bonds is 5. The highest BCUT2D eigenvalue weighted by molar-refractivity contribution is 5.76. The summed E-state index contributed by atoms with van der Waals surface area (Å²) < 4.78 is 9.58. The van der Waals surface area contributed by atoms with Crippen LogP contribution in [0.3, 0.4) is 0 Å². The molecule has 19 heavy (non-hydrogen) atoms. The molecular formula is C13H25NO5. The first-order valence-electron chi connectivity index (χ1n) is 6.32. The molecule has 1 amide bonds. The fraction of sp³-hybridized carbons (Fsp3) is 0.846. The van der Waals surface area contributed by atoms with Crippen molar-refractivity contribution in [2.24, 2.45) is 5.92 Å². The summed E-state index contributed by atoms with van der Waals surface area (Å²) >= 11 is 0. The van der Waals surface area contributed by atoms with Gasteiger partial charge in [0, 0.05) is 0 Å². The summed E-state index contributed by atoms with van der Waals surface area (Å²) in [4.78, 5) is 23.0. The van der Waals surface area contributed by atoms with E-state index in [1.807, 2.05) is 13.8 Å². The lowest BCUT2D eigenvalue weighted by Gasteiger charge is -2.26. The van der Waals surface area contributed by atoms with E-state index in [0.717, 1.165) is 0 Å². The first-order chi connectivity index (χ1) is 8.56. The van der Waals surface area contributed by atoms with E-state index < -0.39 is 29.8 Å². The highest BCUT2D eigenvalue weighted by Gasteiger charge is 2.30. The Labute approximate surface area is 114 Å². The second kappa shape index (κ2) is 7.33. The fourth-order valence-corrected chi connectivity index (χ4v) is 1.52. The zero-order valence-corrected chi connectivity index (χ0v) is 12.5. The lowest BCUT2D eigenvalue weighted by atomic mass is 9.99. The van der Waals surface area contributed by atoms with Gasteiger partial charge < -0.3 is 19.9 Å². The van der Waals surface area contributed by atoms with Gasteiger partial charge >= 0.3 is 12.1 Å². The maximum Gasteiger partial charge on any atom is 0.407 e. The van der Waals surface area contributed by atoms with Crippen LogP contribution in [0.4, 0.5) is 4.79 Å². The highest BCUT2D eigenvalue weighted by atomic mass is 16.6. The number of hydrogen-bond acceptors (Lipinski definition) is 5. The van der Waals surface area contributed by atoms with Gasteiger partial charge in [-0.1, -0.05) is 13.8 Å². The summed E-state index contributed by atoms with van der Waals surface area (Å²) in [7, 11) is 1.19. The highest BCUT2D eigenvalue weighted by Crippen LogP contribution is 2.12. The van der Waals surface area contributed by atoms with Crippen LogP contribution in [0.5, 0.6) is 0 Å². The topological polar surface area (TPSA) is 84.9 Å². The van der Waals surface area contributed by atoms with Gasteiger partial charge in [-0.3, -0.25) is 0 Å². The van der Waals surface area contributed by atoms with E-state index in [0.29, 0.717) is 6.42 Å². The molecular weight excluding hydrogens is 250 g/mol. The molecule has 0 aromatic heterocycles. The molecule has 0 bridgehead atoms. The Kier molecular flexibility index (Phi) is 6.83. The number of aliphatic hydroxyl groups excluding tert-OH is 1. The number of amides is 1. The maximum atomic E-state index is 11.7. The molecule has 2 atom stereocenters. The van der Waals surface area contributed by atoms with Crippen molar-refractivity contribution >= 4 is 12.1 Å². The second-order valence-electron chi connectivity index (χ2n) is 5.85. The lowest BCUT2D eigenvalue weighted by molar-refractivity contribution is -0.152. The Balaban J connectivity index is 4.68. The minimum absolute atomic E-state index is 0.194. The van der Waals surface area contributed by atoms with Crippen LogP contribution < -0.4 is 5.32 Å². The van der Waals surface area contributed by atoms with Crippen LogP contribution >= 0.6 is 0 Å². The third kappa shape index (κ3) is 7.66. The summed E-state index contributed by atoms with van der Waals surface area (Å²) in [5, 5.41) is 12.3. The molecule has 0 radical (unpaired) electrons. The normalized spacial score (nSPS) is 14.7. The molecule has 0 fully saturated rings. The van der Waals surface area contributed by atoms with Crippen LogP contribution in [-0.2, 0) is 14.3 Å². The van der Waals surface area contributed by atoms with E-state index in [9.17, 15) is 14.7 Å². The molecule has 0 saturated carbocycles. The Morgan fingerprint density at radius 3 is 2.16 bits per heavy atom. The van der Waals surface area contributed by atoms with Gasteiger partial charge in [-0.2, -0.15) is 0 Å². The van der Waals surface area contributed by atoms with E-state index in [1.54, 1.807) is 20.8 Å². The number of aliphatic hydroxyl groups is 1. The molecule has 0 heterocycles. The second-order valence-corrected chi connectivity index (χ2v) is 5.85. The van der Waals surface area contributed by atoms with Crippen LogP contribution in [0, 0.1) is 5.92 Å². The molecule has 0 saturated heterocycles. The minimum atomic E-state index is -1.40. The van der Waals surface area contributed by atoms with Crippen molar-refractivity contribution in [3.05, 3.63) is 0 Å². The average molecular weight is 275 g/mol. The van der Waals surface area contributed by atoms with Crippen molar-refractivity contribution < 1.29 is 24.2 Å². The van der Waals surface area contributed by atoms with Crippen LogP contribution in [0.1, 0.15) is 41.0 Å². The molecule has 0 aromatic carbocycles. The number of methoxy groups -OCH3 is 1. The maximum absolute atomic E-state index is 11.7.